The van der Waals surface area contributed by atoms with E-state index in [4.69, 9.17) is 5.73 Å². The van der Waals surface area contributed by atoms with Crippen molar-refractivity contribution in [3.8, 4) is 0 Å². The molecule has 0 bridgehead atoms. The van der Waals surface area contributed by atoms with Gasteiger partial charge in [-0.2, -0.15) is 0 Å². The number of carbonyl (C=O) groups excluding carboxylic acids is 2. The Labute approximate surface area is 122 Å². The number of anilines is 2. The van der Waals surface area contributed by atoms with Crippen LogP contribution in [0.25, 0.3) is 0 Å². The molecule has 4 N–H and O–H groups in total. The highest BCUT2D eigenvalue weighted by Gasteiger charge is 2.35. The molecule has 0 saturated heterocycles. The predicted molar refractivity (Wildman–Crippen MR) is 82.5 cm³/mol. The number of nitrogens with two attached hydrogens (primary N) is 1. The van der Waals surface area contributed by atoms with Gasteiger partial charge in [0, 0.05) is 19.5 Å². The highest BCUT2D eigenvalue weighted by molar-refractivity contribution is 7.19. The van der Waals surface area contributed by atoms with Crippen molar-refractivity contribution < 1.29 is 9.59 Å². The Kier molecular flexibility index (Phi) is 4.32. The minimum Gasteiger partial charge on any atom is -0.397 e. The number of nitrogen functional groups attached to an aromatic ring is 1. The molecule has 5 nitrogen and oxygen atoms in total. The first-order valence-electron chi connectivity index (χ1n) is 6.88. The molecule has 110 valence electrons. The number of rotatable bonds is 6. The Bertz CT molecular complexity index is 533. The lowest BCUT2D eigenvalue weighted by molar-refractivity contribution is 0.0964. The zero-order valence-corrected chi connectivity index (χ0v) is 12.9. The summed E-state index contributed by atoms with van der Waals surface area (Å²) in [6, 6.07) is 0. The van der Waals surface area contributed by atoms with Crippen molar-refractivity contribution in [2.75, 3.05) is 24.6 Å². The molecule has 0 spiro atoms. The summed E-state index contributed by atoms with van der Waals surface area (Å²) >= 11 is 1.30. The minimum absolute atomic E-state index is 0.0789. The van der Waals surface area contributed by atoms with E-state index < -0.39 is 0 Å². The Balaban J connectivity index is 2.34. The van der Waals surface area contributed by atoms with Crippen molar-refractivity contribution in [3.63, 3.8) is 0 Å². The van der Waals surface area contributed by atoms with Crippen LogP contribution in [0.5, 0.6) is 0 Å². The summed E-state index contributed by atoms with van der Waals surface area (Å²) in [7, 11) is 1.56. The number of amides is 1. The summed E-state index contributed by atoms with van der Waals surface area (Å²) in [5.74, 6) is 0.375. The zero-order chi connectivity index (χ0) is 14.9. The number of thiophene rings is 1. The quantitative estimate of drug-likeness (QED) is 0.703. The van der Waals surface area contributed by atoms with Crippen molar-refractivity contribution in [3.05, 3.63) is 10.4 Å². The second-order valence-electron chi connectivity index (χ2n) is 5.54. The molecule has 20 heavy (non-hydrogen) atoms. The Morgan fingerprint density at radius 2 is 2.05 bits per heavy atom. The SMILES string of the molecule is CNC(=O)c1c(NCC(C)C)sc(C(=O)C2CC2)c1N. The van der Waals surface area contributed by atoms with Gasteiger partial charge in [0.1, 0.15) is 5.00 Å². The van der Waals surface area contributed by atoms with E-state index in [1.54, 1.807) is 7.05 Å². The molecule has 1 fully saturated rings. The number of carbonyl (C=O) groups is 2. The highest BCUT2D eigenvalue weighted by atomic mass is 32.1. The van der Waals surface area contributed by atoms with Gasteiger partial charge in [-0.3, -0.25) is 9.59 Å². The van der Waals surface area contributed by atoms with Crippen LogP contribution in [0.3, 0.4) is 0 Å². The van der Waals surface area contributed by atoms with Crippen LogP contribution in [0.1, 0.15) is 46.7 Å². The Hall–Kier alpha value is -1.56. The lowest BCUT2D eigenvalue weighted by Crippen LogP contribution is -2.21. The monoisotopic (exact) mass is 295 g/mol. The van der Waals surface area contributed by atoms with Crippen LogP contribution in [-0.2, 0) is 0 Å². The molecule has 0 unspecified atom stereocenters. The predicted octanol–water partition coefficient (Wildman–Crippen LogP) is 2.35. The average Bonchev–Trinajstić information content (AvgIpc) is 3.19. The Morgan fingerprint density at radius 3 is 2.55 bits per heavy atom. The lowest BCUT2D eigenvalue weighted by Gasteiger charge is -2.09. The van der Waals surface area contributed by atoms with Crippen molar-refractivity contribution >= 4 is 33.7 Å². The molecule has 1 aliphatic carbocycles. The molecule has 1 aromatic rings. The largest absolute Gasteiger partial charge is 0.397 e. The molecule has 0 aliphatic heterocycles. The highest BCUT2D eigenvalue weighted by Crippen LogP contribution is 2.41. The standard InChI is InChI=1S/C14H21N3O2S/c1-7(2)6-17-14-9(13(19)16-3)10(15)12(20-14)11(18)8-4-5-8/h7-8,17H,4-6,15H2,1-3H3,(H,16,19). The van der Waals surface area contributed by atoms with Crippen LogP contribution >= 0.6 is 11.3 Å². The van der Waals surface area contributed by atoms with Gasteiger partial charge < -0.3 is 16.4 Å². The molecule has 0 radical (unpaired) electrons. The smallest absolute Gasteiger partial charge is 0.256 e. The third-order valence-corrected chi connectivity index (χ3v) is 4.42. The molecular weight excluding hydrogens is 274 g/mol. The van der Waals surface area contributed by atoms with Gasteiger partial charge in [0.2, 0.25) is 0 Å². The number of hydrogen-bond donors (Lipinski definition) is 3. The molecule has 1 amide bonds. The summed E-state index contributed by atoms with van der Waals surface area (Å²) in [6.07, 6.45) is 1.86. The van der Waals surface area contributed by atoms with Gasteiger partial charge in [0.05, 0.1) is 16.1 Å². The summed E-state index contributed by atoms with van der Waals surface area (Å²) in [4.78, 5) is 24.7. The molecular formula is C14H21N3O2S. The topological polar surface area (TPSA) is 84.2 Å². The number of ketones is 1. The van der Waals surface area contributed by atoms with Crippen molar-refractivity contribution in [2.24, 2.45) is 11.8 Å². The van der Waals surface area contributed by atoms with Gasteiger partial charge in [-0.05, 0) is 18.8 Å². The summed E-state index contributed by atoms with van der Waals surface area (Å²) in [5, 5.41) is 6.51. The van der Waals surface area contributed by atoms with E-state index in [1.165, 1.54) is 11.3 Å². The number of Topliss-reactive ketones (excluding diaryl/α,β-unsaturated/α-hetero) is 1. The third kappa shape index (κ3) is 2.95. The molecule has 0 aromatic carbocycles. The van der Waals surface area contributed by atoms with Gasteiger partial charge >= 0.3 is 0 Å². The molecule has 1 heterocycles. The van der Waals surface area contributed by atoms with E-state index in [2.05, 4.69) is 24.5 Å². The molecule has 0 atom stereocenters. The van der Waals surface area contributed by atoms with Crippen molar-refractivity contribution in [1.82, 2.24) is 5.32 Å². The molecule has 1 aliphatic rings. The second-order valence-corrected chi connectivity index (χ2v) is 6.56. The number of hydrogen-bond acceptors (Lipinski definition) is 5. The van der Waals surface area contributed by atoms with E-state index in [0.29, 0.717) is 27.0 Å². The molecule has 2 rings (SSSR count). The van der Waals surface area contributed by atoms with Crippen LogP contribution in [0.4, 0.5) is 10.7 Å². The summed E-state index contributed by atoms with van der Waals surface area (Å²) in [6.45, 7) is 4.90. The average molecular weight is 295 g/mol. The fourth-order valence-corrected chi connectivity index (χ4v) is 3.07. The van der Waals surface area contributed by atoms with Crippen LogP contribution in [0, 0.1) is 11.8 Å². The lowest BCUT2D eigenvalue weighted by atomic mass is 10.1. The second kappa shape index (κ2) is 5.83. The normalized spacial score (nSPS) is 14.4. The van der Waals surface area contributed by atoms with E-state index in [-0.39, 0.29) is 17.6 Å². The maximum Gasteiger partial charge on any atom is 0.256 e. The summed E-state index contributed by atoms with van der Waals surface area (Å²) < 4.78 is 0. The Morgan fingerprint density at radius 1 is 1.40 bits per heavy atom. The van der Waals surface area contributed by atoms with Gasteiger partial charge in [-0.25, -0.2) is 0 Å². The van der Waals surface area contributed by atoms with Crippen molar-refractivity contribution in [1.29, 1.82) is 0 Å². The maximum atomic E-state index is 12.2. The van der Waals surface area contributed by atoms with Crippen molar-refractivity contribution in [2.45, 2.75) is 26.7 Å². The first-order valence-corrected chi connectivity index (χ1v) is 7.69. The van der Waals surface area contributed by atoms with E-state index >= 15 is 0 Å². The first-order chi connectivity index (χ1) is 9.45. The summed E-state index contributed by atoms with van der Waals surface area (Å²) in [5.41, 5.74) is 6.76. The maximum absolute atomic E-state index is 12.2. The van der Waals surface area contributed by atoms with E-state index in [1.807, 2.05) is 0 Å². The third-order valence-electron chi connectivity index (χ3n) is 3.24. The van der Waals surface area contributed by atoms with Crippen LogP contribution in [0.15, 0.2) is 0 Å². The van der Waals surface area contributed by atoms with Gasteiger partial charge in [0.15, 0.2) is 5.78 Å². The van der Waals surface area contributed by atoms with Gasteiger partial charge in [-0.1, -0.05) is 13.8 Å². The fourth-order valence-electron chi connectivity index (χ4n) is 1.93. The van der Waals surface area contributed by atoms with Crippen LogP contribution < -0.4 is 16.4 Å². The zero-order valence-electron chi connectivity index (χ0n) is 12.1. The van der Waals surface area contributed by atoms with Crippen LogP contribution in [-0.4, -0.2) is 25.3 Å². The minimum atomic E-state index is -0.250. The molecule has 6 heteroatoms. The van der Waals surface area contributed by atoms with Crippen LogP contribution in [0.2, 0.25) is 0 Å². The molecule has 1 aromatic heterocycles. The molecule has 1 saturated carbocycles. The van der Waals surface area contributed by atoms with E-state index in [9.17, 15) is 9.59 Å². The first kappa shape index (κ1) is 14.8. The fraction of sp³-hybridized carbons (Fsp3) is 0.571. The number of nitrogens with one attached hydrogen (secondary N) is 2. The van der Waals surface area contributed by atoms with Gasteiger partial charge in [-0.15, -0.1) is 11.3 Å². The van der Waals surface area contributed by atoms with Gasteiger partial charge in [0.25, 0.3) is 5.91 Å². The van der Waals surface area contributed by atoms with E-state index in [0.717, 1.165) is 19.4 Å².